The van der Waals surface area contributed by atoms with Gasteiger partial charge in [-0.05, 0) is 64.5 Å². The van der Waals surface area contributed by atoms with Gasteiger partial charge in [0.25, 0.3) is 0 Å². The molecule has 1 N–H and O–H groups in total. The zero-order valence-electron chi connectivity index (χ0n) is 11.1. The number of rotatable bonds is 2. The van der Waals surface area contributed by atoms with Crippen LogP contribution in [0.5, 0.6) is 0 Å². The molecule has 1 saturated carbocycles. The summed E-state index contributed by atoms with van der Waals surface area (Å²) in [5.41, 5.74) is 1.14. The third kappa shape index (κ3) is 3.07. The minimum atomic E-state index is -0.328. The van der Waals surface area contributed by atoms with E-state index in [1.54, 1.807) is 11.3 Å². The van der Waals surface area contributed by atoms with Gasteiger partial charge in [0.15, 0.2) is 0 Å². The monoisotopic (exact) mass is 344 g/mol. The minimum Gasteiger partial charge on any atom is -0.388 e. The lowest BCUT2D eigenvalue weighted by Crippen LogP contribution is -2.42. The van der Waals surface area contributed by atoms with E-state index in [9.17, 15) is 5.11 Å². The molecule has 1 aromatic heterocycles. The van der Waals surface area contributed by atoms with E-state index in [0.717, 1.165) is 28.8 Å². The van der Waals surface area contributed by atoms with E-state index in [1.807, 2.05) is 0 Å². The van der Waals surface area contributed by atoms with Crippen LogP contribution in [-0.4, -0.2) is 17.3 Å². The summed E-state index contributed by atoms with van der Waals surface area (Å²) in [5, 5.41) is 12.7. The fourth-order valence-electron chi connectivity index (χ4n) is 3.63. The van der Waals surface area contributed by atoms with Gasteiger partial charge in [-0.15, -0.1) is 11.3 Å². The van der Waals surface area contributed by atoms with E-state index < -0.39 is 0 Å². The van der Waals surface area contributed by atoms with Crippen LogP contribution in [0.1, 0.15) is 56.6 Å². The van der Waals surface area contributed by atoms with Gasteiger partial charge in [0.05, 0.1) is 15.5 Å². The first-order chi connectivity index (χ1) is 9.19. The van der Waals surface area contributed by atoms with Crippen LogP contribution in [0.2, 0.25) is 0 Å². The van der Waals surface area contributed by atoms with Gasteiger partial charge >= 0.3 is 0 Å². The van der Waals surface area contributed by atoms with E-state index in [1.165, 1.54) is 32.1 Å². The van der Waals surface area contributed by atoms with Crippen molar-refractivity contribution in [2.24, 2.45) is 5.92 Å². The third-order valence-electron chi connectivity index (χ3n) is 4.67. The lowest BCUT2D eigenvalue weighted by Gasteiger charge is -2.44. The van der Waals surface area contributed by atoms with Crippen LogP contribution in [-0.2, 0) is 4.74 Å². The Bertz CT molecular complexity index is 420. The van der Waals surface area contributed by atoms with Crippen LogP contribution < -0.4 is 0 Å². The average Bonchev–Trinajstić information content (AvgIpc) is 2.85. The Morgan fingerprint density at radius 1 is 1.37 bits per heavy atom. The van der Waals surface area contributed by atoms with Crippen molar-refractivity contribution in [3.8, 4) is 0 Å². The number of hydrogen-bond donors (Lipinski definition) is 1. The molecule has 1 spiro atoms. The number of ether oxygens (including phenoxy) is 1. The Balaban J connectivity index is 1.70. The van der Waals surface area contributed by atoms with Crippen molar-refractivity contribution in [3.63, 3.8) is 0 Å². The van der Waals surface area contributed by atoms with Crippen LogP contribution in [0.4, 0.5) is 0 Å². The van der Waals surface area contributed by atoms with Gasteiger partial charge in [0, 0.05) is 6.61 Å². The smallest absolute Gasteiger partial charge is 0.0828 e. The largest absolute Gasteiger partial charge is 0.388 e. The first-order valence-corrected chi connectivity index (χ1v) is 8.92. The number of thiophene rings is 1. The summed E-state index contributed by atoms with van der Waals surface area (Å²) in [7, 11) is 0. The molecule has 1 aliphatic heterocycles. The van der Waals surface area contributed by atoms with E-state index >= 15 is 0 Å². The quantitative estimate of drug-likeness (QED) is 0.844. The van der Waals surface area contributed by atoms with Crippen molar-refractivity contribution in [2.45, 2.75) is 56.7 Å². The summed E-state index contributed by atoms with van der Waals surface area (Å²) in [6.45, 7) is 0.813. The zero-order valence-corrected chi connectivity index (χ0v) is 13.5. The van der Waals surface area contributed by atoms with Gasteiger partial charge in [-0.3, -0.25) is 0 Å². The standard InChI is InChI=1S/C15H21BrO2S/c16-13-8-12(10-19-13)14(17)11-4-7-18-15(9-11)5-2-1-3-6-15/h8,10-11,14,17H,1-7,9H2. The first-order valence-electron chi connectivity index (χ1n) is 7.24. The molecule has 2 nitrogen and oxygen atoms in total. The van der Waals surface area contributed by atoms with Crippen LogP contribution >= 0.6 is 27.3 Å². The molecule has 0 radical (unpaired) electrons. The molecule has 2 atom stereocenters. The zero-order chi connectivity index (χ0) is 13.3. The van der Waals surface area contributed by atoms with Crippen LogP contribution in [0.15, 0.2) is 15.2 Å². The SMILES string of the molecule is OC(c1csc(Br)c1)C1CCOC2(CCCCC2)C1. The minimum absolute atomic E-state index is 0.0788. The summed E-state index contributed by atoms with van der Waals surface area (Å²) >= 11 is 5.13. The molecule has 19 heavy (non-hydrogen) atoms. The van der Waals surface area contributed by atoms with Crippen LogP contribution in [0.25, 0.3) is 0 Å². The maximum Gasteiger partial charge on any atom is 0.0828 e. The molecule has 0 bridgehead atoms. The topological polar surface area (TPSA) is 29.5 Å². The van der Waals surface area contributed by atoms with Gasteiger partial charge < -0.3 is 9.84 Å². The lowest BCUT2D eigenvalue weighted by atomic mass is 9.74. The summed E-state index contributed by atoms with van der Waals surface area (Å²) in [5.74, 6) is 0.355. The molecule has 106 valence electrons. The summed E-state index contributed by atoms with van der Waals surface area (Å²) < 4.78 is 7.21. The van der Waals surface area contributed by atoms with E-state index in [4.69, 9.17) is 4.74 Å². The molecular weight excluding hydrogens is 324 g/mol. The Labute approximate surface area is 127 Å². The predicted octanol–water partition coefficient (Wildman–Crippen LogP) is 4.67. The molecule has 1 aliphatic carbocycles. The average molecular weight is 345 g/mol. The fourth-order valence-corrected chi connectivity index (χ4v) is 4.84. The Kier molecular flexibility index (Phi) is 4.32. The Hall–Kier alpha value is 0.1000. The summed E-state index contributed by atoms with van der Waals surface area (Å²) in [6, 6.07) is 2.05. The van der Waals surface area contributed by atoms with Gasteiger partial charge in [0.2, 0.25) is 0 Å². The second kappa shape index (κ2) is 5.84. The highest BCUT2D eigenvalue weighted by Gasteiger charge is 2.40. The maximum atomic E-state index is 10.6. The second-order valence-corrected chi connectivity index (χ2v) is 8.26. The van der Waals surface area contributed by atoms with E-state index in [0.29, 0.717) is 5.92 Å². The number of aliphatic hydroxyl groups excluding tert-OH is 1. The van der Waals surface area contributed by atoms with Gasteiger partial charge in [0.1, 0.15) is 0 Å². The highest BCUT2D eigenvalue weighted by molar-refractivity contribution is 9.11. The van der Waals surface area contributed by atoms with Crippen molar-refractivity contribution >= 4 is 27.3 Å². The highest BCUT2D eigenvalue weighted by Crippen LogP contribution is 2.44. The number of halogens is 1. The molecule has 1 aromatic rings. The molecule has 0 amide bonds. The summed E-state index contributed by atoms with van der Waals surface area (Å²) in [4.78, 5) is 0. The molecule has 0 aromatic carbocycles. The normalized spacial score (nSPS) is 28.4. The van der Waals surface area contributed by atoms with Crippen molar-refractivity contribution in [1.29, 1.82) is 0 Å². The predicted molar refractivity (Wildman–Crippen MR) is 81.5 cm³/mol. The molecule has 4 heteroatoms. The molecule has 2 heterocycles. The van der Waals surface area contributed by atoms with Gasteiger partial charge in [-0.25, -0.2) is 0 Å². The van der Waals surface area contributed by atoms with Gasteiger partial charge in [-0.1, -0.05) is 19.3 Å². The third-order valence-corrected chi connectivity index (χ3v) is 6.19. The van der Waals surface area contributed by atoms with Gasteiger partial charge in [-0.2, -0.15) is 0 Å². The lowest BCUT2D eigenvalue weighted by molar-refractivity contribution is -0.134. The van der Waals surface area contributed by atoms with E-state index in [2.05, 4.69) is 27.4 Å². The fraction of sp³-hybridized carbons (Fsp3) is 0.733. The van der Waals surface area contributed by atoms with Crippen molar-refractivity contribution in [3.05, 3.63) is 20.8 Å². The Morgan fingerprint density at radius 3 is 2.84 bits per heavy atom. The molecule has 1 saturated heterocycles. The Morgan fingerprint density at radius 2 is 2.16 bits per heavy atom. The van der Waals surface area contributed by atoms with Crippen molar-refractivity contribution in [1.82, 2.24) is 0 Å². The molecule has 2 unspecified atom stereocenters. The number of hydrogen-bond acceptors (Lipinski definition) is 3. The highest BCUT2D eigenvalue weighted by atomic mass is 79.9. The molecule has 2 aliphatic rings. The van der Waals surface area contributed by atoms with Crippen LogP contribution in [0, 0.1) is 5.92 Å². The van der Waals surface area contributed by atoms with E-state index in [-0.39, 0.29) is 11.7 Å². The molecular formula is C15H21BrO2S. The molecule has 3 rings (SSSR count). The van der Waals surface area contributed by atoms with Crippen LogP contribution in [0.3, 0.4) is 0 Å². The second-order valence-electron chi connectivity index (χ2n) is 5.97. The van der Waals surface area contributed by atoms with Crippen molar-refractivity contribution < 1.29 is 9.84 Å². The number of aliphatic hydroxyl groups is 1. The summed E-state index contributed by atoms with van der Waals surface area (Å²) in [6.07, 6.45) is 7.96. The first kappa shape index (κ1) is 14.1. The maximum absolute atomic E-state index is 10.6. The van der Waals surface area contributed by atoms with Crippen molar-refractivity contribution in [2.75, 3.05) is 6.61 Å². The molecule has 2 fully saturated rings.